The van der Waals surface area contributed by atoms with E-state index in [9.17, 15) is 0 Å². The maximum Gasteiger partial charge on any atom is 0.157 e. The Morgan fingerprint density at radius 2 is 1.67 bits per heavy atom. The minimum atomic E-state index is -0.106. The van der Waals surface area contributed by atoms with Crippen molar-refractivity contribution in [3.8, 4) is 0 Å². The van der Waals surface area contributed by atoms with Gasteiger partial charge in [-0.3, -0.25) is 0 Å². The van der Waals surface area contributed by atoms with Crippen molar-refractivity contribution in [2.24, 2.45) is 0 Å². The van der Waals surface area contributed by atoms with Crippen LogP contribution in [0.1, 0.15) is 40.0 Å². The lowest BCUT2D eigenvalue weighted by Gasteiger charge is -2.17. The molecular weight excluding hydrogens is 262 g/mol. The van der Waals surface area contributed by atoms with Crippen molar-refractivity contribution in [3.63, 3.8) is 0 Å². The monoisotopic (exact) mass is 293 g/mol. The van der Waals surface area contributed by atoms with Crippen LogP contribution < -0.4 is 5.32 Å². The summed E-state index contributed by atoms with van der Waals surface area (Å²) in [5.74, 6) is 0. The predicted octanol–water partition coefficient (Wildman–Crippen LogP) is 4.35. The van der Waals surface area contributed by atoms with Crippen LogP contribution in [-0.4, -0.2) is 26.0 Å². The fourth-order valence-electron chi connectivity index (χ4n) is 1.64. The molecule has 0 unspecified atom stereocenters. The predicted molar refractivity (Wildman–Crippen MR) is 91.1 cm³/mol. The van der Waals surface area contributed by atoms with Crippen LogP contribution in [-0.2, 0) is 9.47 Å². The Morgan fingerprint density at radius 1 is 1.05 bits per heavy atom. The number of hydrogen-bond donors (Lipinski definition) is 1. The van der Waals surface area contributed by atoms with E-state index in [1.807, 2.05) is 26.0 Å². The number of ether oxygens (including phenoxy) is 2. The van der Waals surface area contributed by atoms with E-state index in [4.69, 9.17) is 9.47 Å². The maximum absolute atomic E-state index is 5.50. The third kappa shape index (κ3) is 10.1. The Morgan fingerprint density at radius 3 is 2.19 bits per heavy atom. The molecule has 0 heterocycles. The van der Waals surface area contributed by atoms with Crippen LogP contribution in [0.5, 0.6) is 0 Å². The van der Waals surface area contributed by atoms with E-state index in [0.29, 0.717) is 13.2 Å². The van der Waals surface area contributed by atoms with Gasteiger partial charge in [0.15, 0.2) is 6.29 Å². The van der Waals surface area contributed by atoms with E-state index in [1.54, 1.807) is 0 Å². The fourth-order valence-corrected chi connectivity index (χ4v) is 1.64. The molecule has 120 valence electrons. The smallest absolute Gasteiger partial charge is 0.157 e. The molecule has 0 aliphatic carbocycles. The Balaban J connectivity index is 3.95. The van der Waals surface area contributed by atoms with Gasteiger partial charge < -0.3 is 14.8 Å². The Bertz CT molecular complexity index is 352. The van der Waals surface area contributed by atoms with Crippen LogP contribution >= 0.6 is 0 Å². The molecule has 0 amide bonds. The molecule has 0 bridgehead atoms. The van der Waals surface area contributed by atoms with Crippen molar-refractivity contribution >= 4 is 0 Å². The van der Waals surface area contributed by atoms with Gasteiger partial charge in [-0.05, 0) is 32.3 Å². The topological polar surface area (TPSA) is 30.5 Å². The van der Waals surface area contributed by atoms with E-state index in [2.05, 4.69) is 32.0 Å². The Labute approximate surface area is 130 Å². The molecule has 0 spiro atoms. The molecule has 0 aromatic rings. The van der Waals surface area contributed by atoms with Gasteiger partial charge >= 0.3 is 0 Å². The summed E-state index contributed by atoms with van der Waals surface area (Å²) in [5, 5.41) is 3.28. The normalized spacial score (nSPS) is 11.0. The second-order valence-electron chi connectivity index (χ2n) is 4.76. The Kier molecular flexibility index (Phi) is 11.6. The average Bonchev–Trinajstić information content (AvgIpc) is 2.48. The number of allylic oxidation sites excluding steroid dienone is 3. The van der Waals surface area contributed by atoms with Gasteiger partial charge in [0.1, 0.15) is 0 Å². The summed E-state index contributed by atoms with van der Waals surface area (Å²) < 4.78 is 11.0. The number of nitrogens with one attached hydrogen (secondary N) is 1. The van der Waals surface area contributed by atoms with Gasteiger partial charge in [0.05, 0.1) is 0 Å². The molecule has 3 heteroatoms. The first-order valence-electron chi connectivity index (χ1n) is 7.76. The zero-order valence-corrected chi connectivity index (χ0v) is 13.9. The van der Waals surface area contributed by atoms with Gasteiger partial charge in [-0.15, -0.1) is 0 Å². The first kappa shape index (κ1) is 19.7. The van der Waals surface area contributed by atoms with E-state index in [0.717, 1.165) is 42.7 Å². The molecule has 0 aromatic carbocycles. The number of rotatable bonds is 13. The minimum Gasteiger partial charge on any atom is -0.385 e. The fraction of sp³-hybridized carbons (Fsp3) is 0.556. The van der Waals surface area contributed by atoms with Crippen molar-refractivity contribution in [1.29, 1.82) is 0 Å². The summed E-state index contributed by atoms with van der Waals surface area (Å²) in [4.78, 5) is 0. The van der Waals surface area contributed by atoms with Crippen LogP contribution in [0.15, 0.2) is 48.7 Å². The molecule has 0 aromatic heterocycles. The van der Waals surface area contributed by atoms with Crippen LogP contribution in [0.3, 0.4) is 0 Å². The Hall–Kier alpha value is -1.32. The van der Waals surface area contributed by atoms with Crippen molar-refractivity contribution < 1.29 is 9.47 Å². The van der Waals surface area contributed by atoms with Crippen molar-refractivity contribution in [3.05, 3.63) is 48.7 Å². The zero-order chi connectivity index (χ0) is 16.1. The highest BCUT2D eigenvalue weighted by molar-refractivity contribution is 5.36. The molecule has 0 saturated carbocycles. The summed E-state index contributed by atoms with van der Waals surface area (Å²) in [7, 11) is 0. The molecule has 0 atom stereocenters. The van der Waals surface area contributed by atoms with E-state index < -0.39 is 0 Å². The third-order valence-electron chi connectivity index (χ3n) is 3.02. The lowest BCUT2D eigenvalue weighted by molar-refractivity contribution is -0.139. The minimum absolute atomic E-state index is 0.106. The van der Waals surface area contributed by atoms with Gasteiger partial charge in [-0.1, -0.05) is 44.4 Å². The molecule has 3 nitrogen and oxygen atoms in total. The molecule has 0 aliphatic rings. The standard InChI is InChI=1S/C18H31NO2/c1-7-15(4)12-13-16(5)17(6)19-14-10-11-18(20-8-2)21-9-3/h12-13,18-19H,4-11,14H2,1-3H3/b13-12-. The molecule has 1 N–H and O–H groups in total. The summed E-state index contributed by atoms with van der Waals surface area (Å²) in [6, 6.07) is 0. The lowest BCUT2D eigenvalue weighted by atomic mass is 10.1. The SMILES string of the molecule is C=C(/C=C\C(=C)C(=C)NCCCC(OCC)OCC)CC. The highest BCUT2D eigenvalue weighted by Crippen LogP contribution is 2.08. The molecule has 0 fully saturated rings. The van der Waals surface area contributed by atoms with Crippen molar-refractivity contribution in [1.82, 2.24) is 5.32 Å². The second-order valence-corrected chi connectivity index (χ2v) is 4.76. The van der Waals surface area contributed by atoms with Gasteiger partial charge in [0, 0.05) is 31.9 Å². The molecule has 0 rings (SSSR count). The maximum atomic E-state index is 5.50. The molecule has 0 aliphatic heterocycles. The van der Waals surface area contributed by atoms with Gasteiger partial charge in [0.2, 0.25) is 0 Å². The molecule has 0 saturated heterocycles. The van der Waals surface area contributed by atoms with E-state index in [-0.39, 0.29) is 6.29 Å². The first-order chi connectivity index (χ1) is 10.0. The first-order valence-corrected chi connectivity index (χ1v) is 7.76. The van der Waals surface area contributed by atoms with E-state index >= 15 is 0 Å². The zero-order valence-electron chi connectivity index (χ0n) is 13.9. The summed E-state index contributed by atoms with van der Waals surface area (Å²) in [6.07, 6.45) is 6.60. The van der Waals surface area contributed by atoms with Gasteiger partial charge in [-0.2, -0.15) is 0 Å². The van der Waals surface area contributed by atoms with Crippen molar-refractivity contribution in [2.45, 2.75) is 46.3 Å². The van der Waals surface area contributed by atoms with Gasteiger partial charge in [-0.25, -0.2) is 0 Å². The molecule has 0 radical (unpaired) electrons. The summed E-state index contributed by atoms with van der Waals surface area (Å²) in [6.45, 7) is 20.1. The summed E-state index contributed by atoms with van der Waals surface area (Å²) >= 11 is 0. The largest absolute Gasteiger partial charge is 0.385 e. The summed E-state index contributed by atoms with van der Waals surface area (Å²) in [5.41, 5.74) is 2.82. The van der Waals surface area contributed by atoms with Crippen LogP contribution in [0, 0.1) is 0 Å². The van der Waals surface area contributed by atoms with Crippen LogP contribution in [0.2, 0.25) is 0 Å². The highest BCUT2D eigenvalue weighted by atomic mass is 16.7. The van der Waals surface area contributed by atoms with E-state index in [1.165, 1.54) is 0 Å². The highest BCUT2D eigenvalue weighted by Gasteiger charge is 2.07. The molecule has 21 heavy (non-hydrogen) atoms. The third-order valence-corrected chi connectivity index (χ3v) is 3.02. The quantitative estimate of drug-likeness (QED) is 0.311. The lowest BCUT2D eigenvalue weighted by Crippen LogP contribution is -2.21. The average molecular weight is 293 g/mol. The second kappa shape index (κ2) is 12.4. The van der Waals surface area contributed by atoms with Crippen molar-refractivity contribution in [2.75, 3.05) is 19.8 Å². The van der Waals surface area contributed by atoms with Gasteiger partial charge in [0.25, 0.3) is 0 Å². The van der Waals surface area contributed by atoms with Crippen LogP contribution in [0.4, 0.5) is 0 Å². The van der Waals surface area contributed by atoms with Crippen LogP contribution in [0.25, 0.3) is 0 Å². The molecular formula is C18H31NO2. The number of hydrogen-bond acceptors (Lipinski definition) is 3.